The van der Waals surface area contributed by atoms with Crippen molar-refractivity contribution >= 4 is 22.0 Å². The maximum absolute atomic E-state index is 12.4. The Morgan fingerprint density at radius 1 is 0.963 bits per heavy atom. The van der Waals surface area contributed by atoms with E-state index in [0.717, 1.165) is 5.56 Å². The highest BCUT2D eigenvalue weighted by atomic mass is 32.2. The number of ether oxygens (including phenoxy) is 2. The summed E-state index contributed by atoms with van der Waals surface area (Å²) in [5.41, 5.74) is 1.78. The molecule has 0 aliphatic heterocycles. The largest absolute Gasteiger partial charge is 0.469 e. The van der Waals surface area contributed by atoms with Gasteiger partial charge in [0.15, 0.2) is 0 Å². The molecule has 0 spiro atoms. The van der Waals surface area contributed by atoms with E-state index in [1.165, 1.54) is 38.5 Å². The van der Waals surface area contributed by atoms with Gasteiger partial charge in [-0.2, -0.15) is 0 Å². The van der Waals surface area contributed by atoms with Gasteiger partial charge in [-0.25, -0.2) is 17.9 Å². The second-order valence-corrected chi connectivity index (χ2v) is 7.62. The zero-order valence-electron chi connectivity index (χ0n) is 15.3. The van der Waals surface area contributed by atoms with Crippen LogP contribution in [0.3, 0.4) is 0 Å². The summed E-state index contributed by atoms with van der Waals surface area (Å²) in [7, 11) is -1.28. The van der Waals surface area contributed by atoms with Crippen molar-refractivity contribution < 1.29 is 27.5 Å². The topological polar surface area (TPSA) is 98.8 Å². The van der Waals surface area contributed by atoms with Crippen LogP contribution >= 0.6 is 0 Å². The van der Waals surface area contributed by atoms with Crippen LogP contribution in [0.1, 0.15) is 27.4 Å². The van der Waals surface area contributed by atoms with Crippen LogP contribution < -0.4 is 4.72 Å². The first-order valence-electron chi connectivity index (χ1n) is 8.11. The number of hydrogen-bond acceptors (Lipinski definition) is 6. The number of esters is 2. The number of aryl methyl sites for hydroxylation is 1. The fourth-order valence-corrected chi connectivity index (χ4v) is 3.49. The lowest BCUT2D eigenvalue weighted by atomic mass is 9.98. The predicted octanol–water partition coefficient (Wildman–Crippen LogP) is 2.02. The summed E-state index contributed by atoms with van der Waals surface area (Å²) in [6, 6.07) is 12.5. The van der Waals surface area contributed by atoms with Gasteiger partial charge in [-0.3, -0.25) is 4.79 Å². The van der Waals surface area contributed by atoms with Gasteiger partial charge >= 0.3 is 11.9 Å². The zero-order valence-corrected chi connectivity index (χ0v) is 16.1. The van der Waals surface area contributed by atoms with Gasteiger partial charge in [-0.05, 0) is 36.8 Å². The van der Waals surface area contributed by atoms with Crippen LogP contribution in [-0.4, -0.2) is 41.1 Å². The highest BCUT2D eigenvalue weighted by Gasteiger charge is 2.25. The molecule has 1 unspecified atom stereocenters. The molecule has 0 amide bonds. The quantitative estimate of drug-likeness (QED) is 0.725. The lowest BCUT2D eigenvalue weighted by Gasteiger charge is -2.16. The van der Waals surface area contributed by atoms with Crippen LogP contribution in [0.4, 0.5) is 0 Å². The molecule has 2 aromatic rings. The van der Waals surface area contributed by atoms with Crippen molar-refractivity contribution in [3.8, 4) is 0 Å². The SMILES string of the molecule is COC(=O)c1ccc(C(CNS(=O)(=O)c2ccc(C)cc2)C(=O)OC)cc1. The normalized spacial score (nSPS) is 12.3. The lowest BCUT2D eigenvalue weighted by molar-refractivity contribution is -0.142. The van der Waals surface area contributed by atoms with Crippen molar-refractivity contribution in [2.24, 2.45) is 0 Å². The van der Waals surface area contributed by atoms with Crippen LogP contribution in [0.15, 0.2) is 53.4 Å². The minimum atomic E-state index is -3.78. The Morgan fingerprint density at radius 3 is 2.07 bits per heavy atom. The molecular formula is C19H21NO6S. The van der Waals surface area contributed by atoms with Gasteiger partial charge in [-0.1, -0.05) is 29.8 Å². The molecule has 1 N–H and O–H groups in total. The Kier molecular flexibility index (Phi) is 6.70. The fourth-order valence-electron chi connectivity index (χ4n) is 2.44. The molecule has 0 saturated carbocycles. The van der Waals surface area contributed by atoms with Crippen molar-refractivity contribution in [2.75, 3.05) is 20.8 Å². The van der Waals surface area contributed by atoms with Crippen LogP contribution in [0, 0.1) is 6.92 Å². The Morgan fingerprint density at radius 2 is 1.56 bits per heavy atom. The monoisotopic (exact) mass is 391 g/mol. The molecule has 144 valence electrons. The maximum atomic E-state index is 12.4. The van der Waals surface area contributed by atoms with E-state index in [-0.39, 0.29) is 11.4 Å². The van der Waals surface area contributed by atoms with E-state index in [9.17, 15) is 18.0 Å². The third kappa shape index (κ3) is 5.15. The summed E-state index contributed by atoms with van der Waals surface area (Å²) >= 11 is 0. The second kappa shape index (κ2) is 8.79. The number of methoxy groups -OCH3 is 2. The molecule has 0 aliphatic carbocycles. The van der Waals surface area contributed by atoms with Gasteiger partial charge in [0.05, 0.1) is 30.6 Å². The predicted molar refractivity (Wildman–Crippen MR) is 98.9 cm³/mol. The number of carbonyl (C=O) groups is 2. The van der Waals surface area contributed by atoms with Crippen LogP contribution in [0.25, 0.3) is 0 Å². The molecule has 8 heteroatoms. The third-order valence-electron chi connectivity index (χ3n) is 4.03. The van der Waals surface area contributed by atoms with E-state index >= 15 is 0 Å². The standard InChI is InChI=1S/C19H21NO6S/c1-13-4-10-16(11-5-13)27(23,24)20-12-17(19(22)26-3)14-6-8-15(9-7-14)18(21)25-2/h4-11,17,20H,12H2,1-3H3. The van der Waals surface area contributed by atoms with E-state index in [1.54, 1.807) is 24.3 Å². The third-order valence-corrected chi connectivity index (χ3v) is 5.47. The summed E-state index contributed by atoms with van der Waals surface area (Å²) in [5.74, 6) is -1.95. The average Bonchev–Trinajstić information content (AvgIpc) is 2.68. The Labute approximate surface area is 158 Å². The first-order chi connectivity index (χ1) is 12.8. The maximum Gasteiger partial charge on any atom is 0.337 e. The molecule has 7 nitrogen and oxygen atoms in total. The number of carbonyl (C=O) groups excluding carboxylic acids is 2. The van der Waals surface area contributed by atoms with Crippen molar-refractivity contribution in [1.29, 1.82) is 0 Å². The van der Waals surface area contributed by atoms with Crippen molar-refractivity contribution in [3.05, 3.63) is 65.2 Å². The Bertz CT molecular complexity index is 904. The van der Waals surface area contributed by atoms with Gasteiger partial charge in [0.2, 0.25) is 10.0 Å². The second-order valence-electron chi connectivity index (χ2n) is 5.85. The van der Waals surface area contributed by atoms with E-state index in [2.05, 4.69) is 9.46 Å². The summed E-state index contributed by atoms with van der Waals surface area (Å²) < 4.78 is 36.8. The summed E-state index contributed by atoms with van der Waals surface area (Å²) in [6.07, 6.45) is 0. The van der Waals surface area contributed by atoms with Crippen LogP contribution in [-0.2, 0) is 24.3 Å². The number of sulfonamides is 1. The lowest BCUT2D eigenvalue weighted by Crippen LogP contribution is -2.32. The number of rotatable bonds is 7. The Balaban J connectivity index is 2.21. The number of hydrogen-bond donors (Lipinski definition) is 1. The van der Waals surface area contributed by atoms with Gasteiger partial charge < -0.3 is 9.47 Å². The molecule has 0 bridgehead atoms. The van der Waals surface area contributed by atoms with Crippen molar-refractivity contribution in [3.63, 3.8) is 0 Å². The first-order valence-corrected chi connectivity index (χ1v) is 9.59. The fraction of sp³-hybridized carbons (Fsp3) is 0.263. The number of benzene rings is 2. The van der Waals surface area contributed by atoms with E-state index in [0.29, 0.717) is 11.1 Å². The van der Waals surface area contributed by atoms with E-state index in [4.69, 9.17) is 4.74 Å². The van der Waals surface area contributed by atoms with Crippen molar-refractivity contribution in [2.45, 2.75) is 17.7 Å². The van der Waals surface area contributed by atoms with Gasteiger partial charge in [0.25, 0.3) is 0 Å². The van der Waals surface area contributed by atoms with Gasteiger partial charge in [0.1, 0.15) is 0 Å². The van der Waals surface area contributed by atoms with Gasteiger partial charge in [0, 0.05) is 6.54 Å². The molecule has 2 aromatic carbocycles. The molecule has 0 radical (unpaired) electrons. The number of nitrogens with one attached hydrogen (secondary N) is 1. The zero-order chi connectivity index (χ0) is 20.0. The highest BCUT2D eigenvalue weighted by Crippen LogP contribution is 2.19. The molecule has 0 aromatic heterocycles. The highest BCUT2D eigenvalue weighted by molar-refractivity contribution is 7.89. The summed E-state index contributed by atoms with van der Waals surface area (Å²) in [5, 5.41) is 0. The minimum absolute atomic E-state index is 0.109. The average molecular weight is 391 g/mol. The molecular weight excluding hydrogens is 370 g/mol. The Hall–Kier alpha value is -2.71. The van der Waals surface area contributed by atoms with Gasteiger partial charge in [-0.15, -0.1) is 0 Å². The van der Waals surface area contributed by atoms with E-state index < -0.39 is 27.9 Å². The molecule has 1 atom stereocenters. The van der Waals surface area contributed by atoms with E-state index in [1.807, 2.05) is 6.92 Å². The van der Waals surface area contributed by atoms with Crippen LogP contribution in [0.5, 0.6) is 0 Å². The molecule has 0 aliphatic rings. The summed E-state index contributed by atoms with van der Waals surface area (Å²) in [6.45, 7) is 1.68. The molecule has 2 rings (SSSR count). The molecule has 0 saturated heterocycles. The molecule has 27 heavy (non-hydrogen) atoms. The molecule has 0 fully saturated rings. The summed E-state index contributed by atoms with van der Waals surface area (Å²) in [4.78, 5) is 23.8. The first kappa shape index (κ1) is 20.6. The van der Waals surface area contributed by atoms with Crippen LogP contribution in [0.2, 0.25) is 0 Å². The molecule has 0 heterocycles. The minimum Gasteiger partial charge on any atom is -0.469 e. The van der Waals surface area contributed by atoms with Crippen molar-refractivity contribution in [1.82, 2.24) is 4.72 Å². The smallest absolute Gasteiger partial charge is 0.337 e.